The lowest BCUT2D eigenvalue weighted by Gasteiger charge is -2.37. The smallest absolute Gasteiger partial charge is 0.246 e. The minimum Gasteiger partial charge on any atom is -0.287 e. The number of likely N-dealkylation sites (N-methyl/N-ethyl adjacent to an activating group) is 2. The van der Waals surface area contributed by atoms with Crippen LogP contribution in [0.25, 0.3) is 0 Å². The van der Waals surface area contributed by atoms with E-state index in [4.69, 9.17) is 0 Å². The molecule has 0 unspecified atom stereocenters. The van der Waals surface area contributed by atoms with Crippen LogP contribution in [0.2, 0.25) is 0 Å². The second-order valence-electron chi connectivity index (χ2n) is 3.38. The van der Waals surface area contributed by atoms with Gasteiger partial charge in [-0.1, -0.05) is 27.7 Å². The van der Waals surface area contributed by atoms with Crippen molar-refractivity contribution in [3.05, 3.63) is 0 Å². The van der Waals surface area contributed by atoms with Gasteiger partial charge in [0.2, 0.25) is 8.61 Å². The molecule has 0 heterocycles. The number of hydrogen-bond acceptors (Lipinski definition) is 3. The van der Waals surface area contributed by atoms with E-state index in [1.807, 2.05) is 0 Å². The van der Waals surface area contributed by atoms with Gasteiger partial charge in [-0.2, -0.15) is 0 Å². The number of nitrogens with one attached hydrogen (secondary N) is 1. The van der Waals surface area contributed by atoms with Crippen LogP contribution in [0.5, 0.6) is 0 Å². The molecule has 0 amide bonds. The van der Waals surface area contributed by atoms with Crippen molar-refractivity contribution in [1.29, 1.82) is 0 Å². The van der Waals surface area contributed by atoms with Crippen LogP contribution in [-0.4, -0.2) is 48.7 Å². The summed E-state index contributed by atoms with van der Waals surface area (Å²) in [5.74, 6) is 0. The van der Waals surface area contributed by atoms with Gasteiger partial charge in [-0.15, -0.1) is 0 Å². The lowest BCUT2D eigenvalue weighted by atomic mass is 10.3. The predicted octanol–water partition coefficient (Wildman–Crippen LogP) is 1.79. The van der Waals surface area contributed by atoms with Gasteiger partial charge in [-0.05, 0) is 26.2 Å². The Morgan fingerprint density at radius 1 is 1.00 bits per heavy atom. The zero-order valence-electron chi connectivity index (χ0n) is 10.4. The van der Waals surface area contributed by atoms with Crippen molar-refractivity contribution in [2.24, 2.45) is 0 Å². The monoisotopic (exact) mass is 233 g/mol. The molecular formula is C10H24N3OP. The molecule has 5 heteroatoms. The molecule has 0 aliphatic heterocycles. The van der Waals surface area contributed by atoms with E-state index in [1.54, 1.807) is 0 Å². The Labute approximate surface area is 95.3 Å². The van der Waals surface area contributed by atoms with Gasteiger partial charge in [0.05, 0.1) is 6.17 Å². The zero-order valence-corrected chi connectivity index (χ0v) is 11.3. The summed E-state index contributed by atoms with van der Waals surface area (Å²) >= 11 is 0. The van der Waals surface area contributed by atoms with E-state index in [1.165, 1.54) is 0 Å². The van der Waals surface area contributed by atoms with Gasteiger partial charge >= 0.3 is 0 Å². The Balaban J connectivity index is 4.44. The fourth-order valence-corrected chi connectivity index (χ4v) is 2.14. The summed E-state index contributed by atoms with van der Waals surface area (Å²) in [4.78, 5) is 4.76. The molecule has 0 rings (SSSR count). The van der Waals surface area contributed by atoms with Gasteiger partial charge in [0, 0.05) is 6.54 Å². The number of nitrogens with zero attached hydrogens (tertiary/aromatic N) is 2. The Hall–Kier alpha value is -0.0200. The maximum absolute atomic E-state index is 10.5. The van der Waals surface area contributed by atoms with Crippen molar-refractivity contribution in [3.8, 4) is 0 Å². The summed E-state index contributed by atoms with van der Waals surface area (Å²) in [5, 5.41) is 2.88. The largest absolute Gasteiger partial charge is 0.287 e. The molecule has 0 spiro atoms. The van der Waals surface area contributed by atoms with E-state index in [0.717, 1.165) is 32.7 Å². The SMILES string of the molecule is CCN(CC)C(CNP=O)N(CC)CC. The van der Waals surface area contributed by atoms with Crippen molar-refractivity contribution in [1.82, 2.24) is 14.9 Å². The summed E-state index contributed by atoms with van der Waals surface area (Å²) in [6, 6.07) is 0. The molecule has 4 nitrogen and oxygen atoms in total. The molecule has 90 valence electrons. The van der Waals surface area contributed by atoms with Crippen molar-refractivity contribution >= 4 is 8.61 Å². The average molecular weight is 233 g/mol. The predicted molar refractivity (Wildman–Crippen MR) is 65.2 cm³/mol. The van der Waals surface area contributed by atoms with E-state index in [-0.39, 0.29) is 8.61 Å². The molecule has 0 fully saturated rings. The Morgan fingerprint density at radius 2 is 1.40 bits per heavy atom. The molecule has 0 aliphatic carbocycles. The molecule has 0 bridgehead atoms. The first kappa shape index (κ1) is 15.0. The first-order valence-electron chi connectivity index (χ1n) is 5.78. The first-order chi connectivity index (χ1) is 7.24. The van der Waals surface area contributed by atoms with E-state index in [0.29, 0.717) is 6.17 Å². The van der Waals surface area contributed by atoms with Gasteiger partial charge in [-0.25, -0.2) is 5.09 Å². The molecular weight excluding hydrogens is 209 g/mol. The lowest BCUT2D eigenvalue weighted by Crippen LogP contribution is -2.52. The van der Waals surface area contributed by atoms with E-state index in [2.05, 4.69) is 42.6 Å². The third-order valence-electron chi connectivity index (χ3n) is 2.81. The average Bonchev–Trinajstić information content (AvgIpc) is 2.28. The Kier molecular flexibility index (Phi) is 9.21. The van der Waals surface area contributed by atoms with Gasteiger partial charge in [0.15, 0.2) is 0 Å². The Morgan fingerprint density at radius 3 is 1.67 bits per heavy atom. The van der Waals surface area contributed by atoms with Gasteiger partial charge in [0.1, 0.15) is 0 Å². The van der Waals surface area contributed by atoms with Crippen molar-refractivity contribution in [3.63, 3.8) is 0 Å². The molecule has 1 N–H and O–H groups in total. The second-order valence-corrected chi connectivity index (χ2v) is 3.88. The molecule has 0 aromatic rings. The van der Waals surface area contributed by atoms with Gasteiger partial charge < -0.3 is 0 Å². The fourth-order valence-electron chi connectivity index (χ4n) is 1.90. The molecule has 0 atom stereocenters. The third-order valence-corrected chi connectivity index (χ3v) is 3.12. The molecule has 0 aromatic heterocycles. The second kappa shape index (κ2) is 9.22. The van der Waals surface area contributed by atoms with Crippen molar-refractivity contribution < 1.29 is 4.57 Å². The fraction of sp³-hybridized carbons (Fsp3) is 1.00. The first-order valence-corrected chi connectivity index (χ1v) is 6.59. The van der Waals surface area contributed by atoms with Crippen LogP contribution >= 0.6 is 8.61 Å². The molecule has 15 heavy (non-hydrogen) atoms. The topological polar surface area (TPSA) is 35.6 Å². The van der Waals surface area contributed by atoms with Crippen molar-refractivity contribution in [2.45, 2.75) is 33.9 Å². The normalized spacial score (nSPS) is 12.2. The third kappa shape index (κ3) is 5.03. The summed E-state index contributed by atoms with van der Waals surface area (Å²) in [6.07, 6.45) is 0.344. The summed E-state index contributed by atoms with van der Waals surface area (Å²) in [7, 11) is 0.0209. The molecule has 0 radical (unpaired) electrons. The van der Waals surface area contributed by atoms with Crippen LogP contribution in [0.1, 0.15) is 27.7 Å². The number of hydrogen-bond donors (Lipinski definition) is 1. The van der Waals surface area contributed by atoms with Gasteiger partial charge in [-0.3, -0.25) is 14.4 Å². The highest BCUT2D eigenvalue weighted by Crippen LogP contribution is 2.06. The maximum atomic E-state index is 10.5. The van der Waals surface area contributed by atoms with Gasteiger partial charge in [0.25, 0.3) is 0 Å². The minimum atomic E-state index is 0.0209. The molecule has 0 saturated carbocycles. The van der Waals surface area contributed by atoms with Crippen LogP contribution in [0.15, 0.2) is 0 Å². The molecule has 0 aliphatic rings. The number of rotatable bonds is 9. The summed E-state index contributed by atoms with van der Waals surface area (Å²) < 4.78 is 10.5. The van der Waals surface area contributed by atoms with E-state index in [9.17, 15) is 4.57 Å². The van der Waals surface area contributed by atoms with Crippen LogP contribution in [0, 0.1) is 0 Å². The van der Waals surface area contributed by atoms with Crippen LogP contribution < -0.4 is 5.09 Å². The van der Waals surface area contributed by atoms with Crippen LogP contribution in [0.3, 0.4) is 0 Å². The zero-order chi connectivity index (χ0) is 11.7. The maximum Gasteiger partial charge on any atom is 0.246 e. The highest BCUT2D eigenvalue weighted by molar-refractivity contribution is 7.21. The standard InChI is InChI=1S/C10H24N3OP/c1-5-12(6-2)10(9-11-15-14)13(7-3)8-4/h10H,5-9H2,1-4H3,(H,11,14). The highest BCUT2D eigenvalue weighted by Gasteiger charge is 2.20. The molecule has 0 aromatic carbocycles. The Bertz CT molecular complexity index is 149. The van der Waals surface area contributed by atoms with Crippen LogP contribution in [0.4, 0.5) is 0 Å². The minimum absolute atomic E-state index is 0.0209. The van der Waals surface area contributed by atoms with Crippen molar-refractivity contribution in [2.75, 3.05) is 32.7 Å². The van der Waals surface area contributed by atoms with Crippen LogP contribution in [-0.2, 0) is 4.57 Å². The highest BCUT2D eigenvalue weighted by atomic mass is 31.1. The summed E-state index contributed by atoms with van der Waals surface area (Å²) in [6.45, 7) is 13.5. The summed E-state index contributed by atoms with van der Waals surface area (Å²) in [5.41, 5.74) is 0. The quantitative estimate of drug-likeness (QED) is 0.486. The van der Waals surface area contributed by atoms with E-state index >= 15 is 0 Å². The van der Waals surface area contributed by atoms with E-state index < -0.39 is 0 Å². The molecule has 0 saturated heterocycles. The lowest BCUT2D eigenvalue weighted by molar-refractivity contribution is 0.0608.